The van der Waals surface area contributed by atoms with E-state index in [0.29, 0.717) is 23.3 Å². The molecule has 8 heterocycles. The van der Waals surface area contributed by atoms with Crippen molar-refractivity contribution in [1.29, 1.82) is 0 Å². The van der Waals surface area contributed by atoms with Gasteiger partial charge in [-0.05, 0) is 75.5 Å². The van der Waals surface area contributed by atoms with Crippen molar-refractivity contribution >= 4 is 172 Å². The summed E-state index contributed by atoms with van der Waals surface area (Å²) in [4.78, 5) is 21.5. The predicted molar refractivity (Wildman–Crippen MR) is 410 cm³/mol. The minimum absolute atomic E-state index is 0.574. The monoisotopic (exact) mass is 1290 g/mol. The number of furan rings is 2. The van der Waals surface area contributed by atoms with Crippen molar-refractivity contribution in [1.82, 2.24) is 29.1 Å². The third-order valence-electron chi connectivity index (χ3n) is 19.7. The van der Waals surface area contributed by atoms with E-state index in [1.807, 2.05) is 71.2 Å². The van der Waals surface area contributed by atoms with Crippen LogP contribution in [-0.4, -0.2) is 29.1 Å². The van der Waals surface area contributed by atoms with E-state index >= 15 is 0 Å². The van der Waals surface area contributed by atoms with E-state index in [9.17, 15) is 0 Å². The van der Waals surface area contributed by atoms with Crippen molar-refractivity contribution in [2.75, 3.05) is 0 Å². The molecule has 0 aliphatic heterocycles. The largest absolute Gasteiger partial charge is 0.437 e. The summed E-state index contributed by atoms with van der Waals surface area (Å²) in [6.07, 6.45) is 0. The lowest BCUT2D eigenvalue weighted by Gasteiger charge is -2.12. The topological polar surface area (TPSA) is 87.7 Å². The highest BCUT2D eigenvalue weighted by atomic mass is 32.1. The second-order valence-corrected chi connectivity index (χ2v) is 27.1. The number of benzene rings is 14. The van der Waals surface area contributed by atoms with Crippen LogP contribution in [0.1, 0.15) is 0 Å². The van der Waals surface area contributed by atoms with Crippen LogP contribution in [0.5, 0.6) is 0 Å². The molecule has 456 valence electrons. The van der Waals surface area contributed by atoms with E-state index in [4.69, 9.17) is 28.8 Å². The fourth-order valence-electron chi connectivity index (χ4n) is 15.4. The number of nitrogens with zero attached hydrogens (tertiary/aromatic N) is 6. The van der Waals surface area contributed by atoms with Gasteiger partial charge in [0.25, 0.3) is 0 Å². The quantitative estimate of drug-likeness (QED) is 0.165. The van der Waals surface area contributed by atoms with Gasteiger partial charge in [0.1, 0.15) is 11.2 Å². The first-order chi connectivity index (χ1) is 48.6. The predicted octanol–water partition coefficient (Wildman–Crippen LogP) is 24.7. The Labute approximate surface area is 566 Å². The van der Waals surface area contributed by atoms with E-state index in [1.54, 1.807) is 0 Å². The maximum atomic E-state index is 6.54. The molecule has 0 N–H and O–H groups in total. The van der Waals surface area contributed by atoms with Gasteiger partial charge in [0.05, 0.1) is 44.2 Å². The summed E-state index contributed by atoms with van der Waals surface area (Å²) in [6.45, 7) is 0. The van der Waals surface area contributed by atoms with Gasteiger partial charge >= 0.3 is 0 Å². The number of thiophene rings is 2. The molecule has 0 saturated carbocycles. The highest BCUT2D eigenvalue weighted by molar-refractivity contribution is 7.27. The van der Waals surface area contributed by atoms with Crippen molar-refractivity contribution in [3.05, 3.63) is 303 Å². The number of para-hydroxylation sites is 4. The Balaban J connectivity index is 0.000000129. The minimum atomic E-state index is 0.574. The lowest BCUT2D eigenvalue weighted by molar-refractivity contribution is 0.651. The third-order valence-corrected chi connectivity index (χ3v) is 22.1. The van der Waals surface area contributed by atoms with Crippen LogP contribution in [0.4, 0.5) is 0 Å². The van der Waals surface area contributed by atoms with Gasteiger partial charge in [-0.25, -0.2) is 9.97 Å². The molecular formula is C88H50N6O2S2. The Morgan fingerprint density at radius 2 is 0.602 bits per heavy atom. The highest BCUT2D eigenvalue weighted by Gasteiger charge is 2.28. The summed E-state index contributed by atoms with van der Waals surface area (Å²) in [6, 6.07) is 107. The van der Waals surface area contributed by atoms with E-state index < -0.39 is 0 Å². The van der Waals surface area contributed by atoms with Crippen LogP contribution in [0, 0.1) is 0 Å². The second-order valence-electron chi connectivity index (χ2n) is 25.0. The first kappa shape index (κ1) is 54.8. The zero-order valence-electron chi connectivity index (χ0n) is 52.2. The van der Waals surface area contributed by atoms with E-state index in [-0.39, 0.29) is 0 Å². The molecule has 8 aromatic heterocycles. The molecule has 0 atom stereocenters. The summed E-state index contributed by atoms with van der Waals surface area (Å²) in [5.41, 5.74) is 15.5. The number of hydrogen-bond acceptors (Lipinski definition) is 8. The molecule has 0 unspecified atom stereocenters. The maximum Gasteiger partial charge on any atom is 0.238 e. The molecule has 0 spiro atoms. The Hall–Kier alpha value is -12.6. The van der Waals surface area contributed by atoms with Gasteiger partial charge in [0, 0.05) is 94.6 Å². The fourth-order valence-corrected chi connectivity index (χ4v) is 17.9. The van der Waals surface area contributed by atoms with Gasteiger partial charge in [-0.1, -0.05) is 261 Å². The number of rotatable bonds is 6. The van der Waals surface area contributed by atoms with E-state index in [2.05, 4.69) is 264 Å². The summed E-state index contributed by atoms with van der Waals surface area (Å²) in [7, 11) is 0. The van der Waals surface area contributed by atoms with Crippen molar-refractivity contribution in [2.24, 2.45) is 0 Å². The smallest absolute Gasteiger partial charge is 0.238 e. The fraction of sp³-hybridized carbons (Fsp3) is 0. The number of aromatic nitrogens is 6. The zero-order valence-corrected chi connectivity index (χ0v) is 53.8. The van der Waals surface area contributed by atoms with Crippen LogP contribution in [0.25, 0.3) is 206 Å². The Kier molecular flexibility index (Phi) is 12.0. The van der Waals surface area contributed by atoms with Crippen molar-refractivity contribution < 1.29 is 8.83 Å². The lowest BCUT2D eigenvalue weighted by Crippen LogP contribution is -2.03. The molecule has 22 aromatic rings. The maximum absolute atomic E-state index is 6.54. The molecule has 0 saturated heterocycles. The van der Waals surface area contributed by atoms with Crippen molar-refractivity contribution in [2.45, 2.75) is 0 Å². The molecular weight excluding hydrogens is 1240 g/mol. The number of hydrogen-bond donors (Lipinski definition) is 0. The van der Waals surface area contributed by atoms with Gasteiger partial charge < -0.3 is 8.83 Å². The summed E-state index contributed by atoms with van der Waals surface area (Å²) < 4.78 is 22.7. The normalized spacial score (nSPS) is 12.1. The van der Waals surface area contributed by atoms with E-state index in [0.717, 1.165) is 94.0 Å². The van der Waals surface area contributed by atoms with Crippen molar-refractivity contribution in [3.8, 4) is 56.7 Å². The molecule has 0 aliphatic rings. The minimum Gasteiger partial charge on any atom is -0.437 e. The summed E-state index contributed by atoms with van der Waals surface area (Å²) >= 11 is 3.70. The average Bonchev–Trinajstić information content (AvgIpc) is 1.54. The average molecular weight is 1290 g/mol. The van der Waals surface area contributed by atoms with Gasteiger partial charge in [-0.15, -0.1) is 22.7 Å². The first-order valence-corrected chi connectivity index (χ1v) is 34.5. The molecule has 0 fully saturated rings. The molecule has 0 aliphatic carbocycles. The number of fused-ring (bicyclic) bond motifs is 26. The van der Waals surface area contributed by atoms with Crippen LogP contribution >= 0.6 is 22.7 Å². The Morgan fingerprint density at radius 3 is 1.10 bits per heavy atom. The van der Waals surface area contributed by atoms with Gasteiger partial charge in [-0.3, -0.25) is 9.13 Å². The molecule has 98 heavy (non-hydrogen) atoms. The van der Waals surface area contributed by atoms with Gasteiger partial charge in [0.2, 0.25) is 23.3 Å². The zero-order chi connectivity index (χ0) is 64.1. The SMILES string of the molecule is c1ccc(-c2ccc(-c3nc(-n4c5ccccc5c5c6ccccc6c6sc7ccccc7c6c54)nc4oc5ccccc5c34)cc2)cc1.c1ccc(-c2cccc(-c3nc(-n4c5ccccc5c5c6ccccc6c6sc7ccccc7c6c54)nc4oc5ccccc5c34)c2)cc1. The van der Waals surface area contributed by atoms with Crippen LogP contribution in [0.2, 0.25) is 0 Å². The van der Waals surface area contributed by atoms with Crippen LogP contribution in [0.15, 0.2) is 312 Å². The first-order valence-electron chi connectivity index (χ1n) is 32.8. The molecule has 14 aromatic carbocycles. The summed E-state index contributed by atoms with van der Waals surface area (Å²) in [5, 5.41) is 18.5. The molecule has 10 heteroatoms. The van der Waals surface area contributed by atoms with Crippen LogP contribution in [-0.2, 0) is 0 Å². The third kappa shape index (κ3) is 8.16. The lowest BCUT2D eigenvalue weighted by atomic mass is 10.00. The highest BCUT2D eigenvalue weighted by Crippen LogP contribution is 2.51. The second kappa shape index (κ2) is 21.5. The molecule has 0 radical (unpaired) electrons. The molecule has 22 rings (SSSR count). The van der Waals surface area contributed by atoms with Crippen LogP contribution < -0.4 is 0 Å². The molecule has 0 amide bonds. The van der Waals surface area contributed by atoms with Gasteiger partial charge in [-0.2, -0.15) is 9.97 Å². The van der Waals surface area contributed by atoms with Crippen molar-refractivity contribution in [3.63, 3.8) is 0 Å². The molecule has 8 nitrogen and oxygen atoms in total. The Morgan fingerprint density at radius 1 is 0.245 bits per heavy atom. The standard InChI is InChI=1S/2C44H25N3OS/c1-2-13-26(14-3-1)27-15-12-16-28(25-27)40-38-32-20-7-10-23-35(32)48-43(38)46-44(45-40)47-34-22-9-6-19-31(34)37-29-17-4-5-18-30(29)42-39(41(37)47)33-21-8-11-24-36(33)49-42;1-2-12-26(13-3-1)27-22-24-28(25-23-27)40-38-32-17-7-10-20-35(32)48-43(38)46-44(45-40)47-34-19-9-6-16-31(34)37-29-14-4-5-15-30(29)42-39(41(37)47)33-18-8-11-21-36(33)49-42/h2*1-25H. The van der Waals surface area contributed by atoms with E-state index in [1.165, 1.54) is 89.0 Å². The molecule has 0 bridgehead atoms. The Bertz CT molecular complexity index is 7060. The van der Waals surface area contributed by atoms with Gasteiger partial charge in [0.15, 0.2) is 0 Å². The van der Waals surface area contributed by atoms with Crippen LogP contribution in [0.3, 0.4) is 0 Å². The summed E-state index contributed by atoms with van der Waals surface area (Å²) in [5.74, 6) is 1.18.